The molecule has 0 fully saturated rings. The van der Waals surface area contributed by atoms with Crippen molar-refractivity contribution in [2.45, 2.75) is 13.5 Å². The highest BCUT2D eigenvalue weighted by molar-refractivity contribution is 6.12. The average molecular weight is 534 g/mol. The predicted octanol–water partition coefficient (Wildman–Crippen LogP) is 5.93. The number of aromatic carboxylic acids is 1. The first-order valence-electron chi connectivity index (χ1n) is 12.7. The topological polar surface area (TPSA) is 110 Å². The van der Waals surface area contributed by atoms with Crippen molar-refractivity contribution in [3.05, 3.63) is 113 Å². The molecular formula is C32H27N3O5. The van der Waals surface area contributed by atoms with E-state index < -0.39 is 17.8 Å². The van der Waals surface area contributed by atoms with Gasteiger partial charge < -0.3 is 25.0 Å². The van der Waals surface area contributed by atoms with Crippen LogP contribution in [-0.2, 0) is 11.3 Å². The summed E-state index contributed by atoms with van der Waals surface area (Å²) in [6.07, 6.45) is 1.60. The highest BCUT2D eigenvalue weighted by Crippen LogP contribution is 2.30. The largest absolute Gasteiger partial charge is 0.495 e. The van der Waals surface area contributed by atoms with E-state index in [9.17, 15) is 19.5 Å². The van der Waals surface area contributed by atoms with Crippen molar-refractivity contribution >= 4 is 51.4 Å². The molecule has 1 heterocycles. The lowest BCUT2D eigenvalue weighted by Crippen LogP contribution is -2.30. The number of aromatic nitrogens is 1. The Kier molecular flexibility index (Phi) is 7.33. The van der Waals surface area contributed by atoms with Crippen molar-refractivity contribution in [2.75, 3.05) is 12.4 Å². The maximum Gasteiger partial charge on any atom is 0.335 e. The molecule has 0 aliphatic carbocycles. The summed E-state index contributed by atoms with van der Waals surface area (Å²) in [5.41, 5.74) is 3.32. The molecule has 8 nitrogen and oxygen atoms in total. The fourth-order valence-corrected chi connectivity index (χ4v) is 4.73. The van der Waals surface area contributed by atoms with Gasteiger partial charge in [-0.25, -0.2) is 4.79 Å². The molecule has 8 heteroatoms. The summed E-state index contributed by atoms with van der Waals surface area (Å²) < 4.78 is 7.52. The number of carbonyl (C=O) groups excluding carboxylic acids is 2. The van der Waals surface area contributed by atoms with Gasteiger partial charge in [-0.3, -0.25) is 9.59 Å². The van der Waals surface area contributed by atoms with Crippen LogP contribution in [0.3, 0.4) is 0 Å². The second-order valence-electron chi connectivity index (χ2n) is 9.09. The number of rotatable bonds is 8. The molecule has 0 saturated heterocycles. The molecule has 5 rings (SSSR count). The smallest absolute Gasteiger partial charge is 0.335 e. The molecule has 0 unspecified atom stereocenters. The van der Waals surface area contributed by atoms with Gasteiger partial charge >= 0.3 is 5.97 Å². The SMILES string of the molecule is CCn1c2ccccc2c2ccc(C=C(NC(=O)c3ccccc3)C(=O)Nc3cc(C(=O)O)ccc3OC)cc21. The third-order valence-corrected chi connectivity index (χ3v) is 6.65. The van der Waals surface area contributed by atoms with Gasteiger partial charge in [0.1, 0.15) is 11.4 Å². The van der Waals surface area contributed by atoms with E-state index in [1.807, 2.05) is 30.3 Å². The fourth-order valence-electron chi connectivity index (χ4n) is 4.73. The number of benzene rings is 4. The number of para-hydroxylation sites is 1. The second kappa shape index (κ2) is 11.2. The zero-order valence-electron chi connectivity index (χ0n) is 22.0. The number of anilines is 1. The monoisotopic (exact) mass is 533 g/mol. The Morgan fingerprint density at radius 2 is 1.57 bits per heavy atom. The number of hydrogen-bond acceptors (Lipinski definition) is 4. The number of amides is 2. The van der Waals surface area contributed by atoms with Crippen LogP contribution in [0.25, 0.3) is 27.9 Å². The lowest BCUT2D eigenvalue weighted by Gasteiger charge is -2.14. The normalized spacial score (nSPS) is 11.4. The number of nitrogens with zero attached hydrogens (tertiary/aromatic N) is 1. The Bertz CT molecular complexity index is 1790. The van der Waals surface area contributed by atoms with Crippen LogP contribution in [0.15, 0.2) is 96.7 Å². The molecule has 0 saturated carbocycles. The Balaban J connectivity index is 1.57. The Hall–Kier alpha value is -5.37. The zero-order valence-corrected chi connectivity index (χ0v) is 22.0. The molecule has 5 aromatic rings. The first-order chi connectivity index (χ1) is 19.4. The number of carbonyl (C=O) groups is 3. The van der Waals surface area contributed by atoms with Gasteiger partial charge in [0.2, 0.25) is 0 Å². The van der Waals surface area contributed by atoms with Gasteiger partial charge in [-0.1, -0.05) is 48.5 Å². The fraction of sp³-hybridized carbons (Fsp3) is 0.0938. The summed E-state index contributed by atoms with van der Waals surface area (Å²) in [4.78, 5) is 38.1. The molecule has 3 N–H and O–H groups in total. The molecule has 2 amide bonds. The van der Waals surface area contributed by atoms with E-state index in [-0.39, 0.29) is 22.7 Å². The number of carboxylic acids is 1. The number of ether oxygens (including phenoxy) is 1. The zero-order chi connectivity index (χ0) is 28.2. The molecule has 0 aliphatic rings. The summed E-state index contributed by atoms with van der Waals surface area (Å²) in [5, 5.41) is 17.1. The van der Waals surface area contributed by atoms with Gasteiger partial charge in [0.15, 0.2) is 0 Å². The van der Waals surface area contributed by atoms with E-state index in [0.29, 0.717) is 11.1 Å². The van der Waals surface area contributed by atoms with E-state index in [2.05, 4.69) is 34.3 Å². The minimum atomic E-state index is -1.15. The molecule has 0 radical (unpaired) electrons. The van der Waals surface area contributed by atoms with Crippen molar-refractivity contribution in [1.29, 1.82) is 0 Å². The van der Waals surface area contributed by atoms with Crippen molar-refractivity contribution in [3.63, 3.8) is 0 Å². The van der Waals surface area contributed by atoms with Gasteiger partial charge in [0.05, 0.1) is 18.4 Å². The highest BCUT2D eigenvalue weighted by atomic mass is 16.5. The molecule has 40 heavy (non-hydrogen) atoms. The third-order valence-electron chi connectivity index (χ3n) is 6.65. The molecule has 0 atom stereocenters. The van der Waals surface area contributed by atoms with Crippen LogP contribution in [0.2, 0.25) is 0 Å². The van der Waals surface area contributed by atoms with Crippen LogP contribution in [0.1, 0.15) is 33.2 Å². The van der Waals surface area contributed by atoms with Gasteiger partial charge in [-0.2, -0.15) is 0 Å². The number of hydrogen-bond donors (Lipinski definition) is 3. The van der Waals surface area contributed by atoms with E-state index in [4.69, 9.17) is 4.74 Å². The highest BCUT2D eigenvalue weighted by Gasteiger charge is 2.18. The summed E-state index contributed by atoms with van der Waals surface area (Å²) in [6.45, 7) is 2.83. The van der Waals surface area contributed by atoms with Crippen molar-refractivity contribution < 1.29 is 24.2 Å². The lowest BCUT2D eigenvalue weighted by atomic mass is 10.1. The minimum absolute atomic E-state index is 0.0184. The van der Waals surface area contributed by atoms with Gasteiger partial charge in [-0.15, -0.1) is 0 Å². The number of nitrogens with one attached hydrogen (secondary N) is 2. The van der Waals surface area contributed by atoms with Crippen molar-refractivity contribution in [1.82, 2.24) is 9.88 Å². The number of methoxy groups -OCH3 is 1. The minimum Gasteiger partial charge on any atom is -0.495 e. The predicted molar refractivity (Wildman–Crippen MR) is 156 cm³/mol. The van der Waals surface area contributed by atoms with E-state index in [1.165, 1.54) is 25.3 Å². The molecule has 200 valence electrons. The third kappa shape index (κ3) is 5.15. The van der Waals surface area contributed by atoms with Crippen LogP contribution in [0.5, 0.6) is 5.75 Å². The maximum absolute atomic E-state index is 13.6. The summed E-state index contributed by atoms with van der Waals surface area (Å²) in [5.74, 6) is -1.97. The molecule has 4 aromatic carbocycles. The Morgan fingerprint density at radius 3 is 2.30 bits per heavy atom. The average Bonchev–Trinajstić information content (AvgIpc) is 3.29. The van der Waals surface area contributed by atoms with Crippen molar-refractivity contribution in [3.8, 4) is 5.75 Å². The Morgan fingerprint density at radius 1 is 0.850 bits per heavy atom. The van der Waals surface area contributed by atoms with E-state index in [0.717, 1.165) is 28.4 Å². The molecule has 0 bridgehead atoms. The number of carboxylic acid groups (broad SMARTS) is 1. The lowest BCUT2D eigenvalue weighted by molar-refractivity contribution is -0.113. The van der Waals surface area contributed by atoms with Gasteiger partial charge in [0, 0.05) is 33.9 Å². The van der Waals surface area contributed by atoms with Crippen LogP contribution in [0, 0.1) is 0 Å². The first-order valence-corrected chi connectivity index (χ1v) is 12.7. The summed E-state index contributed by atoms with van der Waals surface area (Å²) in [6, 6.07) is 26.7. The van der Waals surface area contributed by atoms with Crippen LogP contribution < -0.4 is 15.4 Å². The first kappa shape index (κ1) is 26.2. The quantitative estimate of drug-likeness (QED) is 0.214. The second-order valence-corrected chi connectivity index (χ2v) is 9.09. The molecule has 1 aromatic heterocycles. The number of aryl methyl sites for hydroxylation is 1. The summed E-state index contributed by atoms with van der Waals surface area (Å²) in [7, 11) is 1.42. The molecule has 0 aliphatic heterocycles. The van der Waals surface area contributed by atoms with Crippen LogP contribution in [-0.4, -0.2) is 34.6 Å². The molecular weight excluding hydrogens is 506 g/mol. The van der Waals surface area contributed by atoms with Crippen LogP contribution in [0.4, 0.5) is 5.69 Å². The van der Waals surface area contributed by atoms with Crippen molar-refractivity contribution in [2.24, 2.45) is 0 Å². The van der Waals surface area contributed by atoms with Gasteiger partial charge in [-0.05, 0) is 61.0 Å². The van der Waals surface area contributed by atoms with E-state index >= 15 is 0 Å². The Labute approximate surface area is 230 Å². The maximum atomic E-state index is 13.6. The van der Waals surface area contributed by atoms with Crippen LogP contribution >= 0.6 is 0 Å². The van der Waals surface area contributed by atoms with Gasteiger partial charge in [0.25, 0.3) is 11.8 Å². The standard InChI is InChI=1S/C32H27N3O5/c1-3-35-27-12-8-7-11-23(27)24-15-13-20(18-28(24)35)17-26(34-30(36)21-9-5-4-6-10-21)31(37)33-25-19-22(32(38)39)14-16-29(25)40-2/h4-19H,3H2,1-2H3,(H,33,37)(H,34,36)(H,38,39). The number of fused-ring (bicyclic) bond motifs is 3. The van der Waals surface area contributed by atoms with E-state index in [1.54, 1.807) is 36.4 Å². The molecule has 0 spiro atoms. The summed E-state index contributed by atoms with van der Waals surface area (Å²) >= 11 is 0.